The van der Waals surface area contributed by atoms with E-state index in [0.29, 0.717) is 16.3 Å². The van der Waals surface area contributed by atoms with E-state index in [9.17, 15) is 4.79 Å². The van der Waals surface area contributed by atoms with Crippen LogP contribution in [-0.2, 0) is 0 Å². The minimum atomic E-state index is -0.182. The number of nitrogens with one attached hydrogen (secondary N) is 1. The lowest BCUT2D eigenvalue weighted by atomic mass is 10.2. The van der Waals surface area contributed by atoms with E-state index < -0.39 is 0 Å². The minimum absolute atomic E-state index is 0.182. The van der Waals surface area contributed by atoms with Crippen LogP contribution in [0.3, 0.4) is 0 Å². The average Bonchev–Trinajstić information content (AvgIpc) is 2.75. The van der Waals surface area contributed by atoms with Gasteiger partial charge in [0.15, 0.2) is 0 Å². The zero-order valence-corrected chi connectivity index (χ0v) is 9.54. The van der Waals surface area contributed by atoms with Crippen LogP contribution in [0.25, 0.3) is 0 Å². The molecule has 2 aromatic rings. The van der Waals surface area contributed by atoms with E-state index in [1.807, 2.05) is 19.1 Å². The number of anilines is 2. The summed E-state index contributed by atoms with van der Waals surface area (Å²) in [6.07, 6.45) is 1.53. The van der Waals surface area contributed by atoms with E-state index in [-0.39, 0.29) is 5.91 Å². The number of hydrogen-bond acceptors (Lipinski definition) is 4. The van der Waals surface area contributed by atoms with Crippen LogP contribution in [-0.4, -0.2) is 10.9 Å². The topological polar surface area (TPSA) is 68.0 Å². The highest BCUT2D eigenvalue weighted by molar-refractivity contribution is 7.11. The van der Waals surface area contributed by atoms with Gasteiger partial charge in [-0.15, -0.1) is 11.3 Å². The van der Waals surface area contributed by atoms with Gasteiger partial charge >= 0.3 is 0 Å². The summed E-state index contributed by atoms with van der Waals surface area (Å²) in [4.78, 5) is 16.1. The largest absolute Gasteiger partial charge is 0.397 e. The molecule has 0 saturated carbocycles. The van der Waals surface area contributed by atoms with Crippen LogP contribution in [0.1, 0.15) is 15.2 Å². The van der Waals surface area contributed by atoms with Crippen molar-refractivity contribution in [3.05, 3.63) is 40.3 Å². The Bertz CT molecular complexity index is 508. The number of aromatic nitrogens is 1. The first-order chi connectivity index (χ1) is 7.66. The molecule has 1 heterocycles. The summed E-state index contributed by atoms with van der Waals surface area (Å²) in [6, 6.07) is 5.52. The Morgan fingerprint density at radius 2 is 2.31 bits per heavy atom. The number of rotatable bonds is 2. The second-order valence-electron chi connectivity index (χ2n) is 3.41. The molecule has 3 N–H and O–H groups in total. The van der Waals surface area contributed by atoms with Gasteiger partial charge in [0.2, 0.25) is 0 Å². The highest BCUT2D eigenvalue weighted by Crippen LogP contribution is 2.20. The zero-order chi connectivity index (χ0) is 11.5. The fraction of sp³-hybridized carbons (Fsp3) is 0.0909. The zero-order valence-electron chi connectivity index (χ0n) is 8.73. The van der Waals surface area contributed by atoms with Crippen molar-refractivity contribution in [3.63, 3.8) is 0 Å². The van der Waals surface area contributed by atoms with Crippen LogP contribution in [0.15, 0.2) is 29.9 Å². The summed E-state index contributed by atoms with van der Waals surface area (Å²) in [7, 11) is 0. The lowest BCUT2D eigenvalue weighted by molar-refractivity contribution is 0.103. The first-order valence-electron chi connectivity index (χ1n) is 4.73. The van der Waals surface area contributed by atoms with E-state index in [1.54, 1.807) is 11.6 Å². The number of nitrogens with zero attached hydrogens (tertiary/aromatic N) is 1. The third-order valence-electron chi connectivity index (χ3n) is 2.11. The highest BCUT2D eigenvalue weighted by Gasteiger charge is 2.09. The lowest BCUT2D eigenvalue weighted by Crippen LogP contribution is -2.11. The Morgan fingerprint density at radius 1 is 1.50 bits per heavy atom. The highest BCUT2D eigenvalue weighted by atomic mass is 32.1. The monoisotopic (exact) mass is 233 g/mol. The molecule has 1 aromatic heterocycles. The molecule has 0 aliphatic carbocycles. The number of benzene rings is 1. The van der Waals surface area contributed by atoms with Gasteiger partial charge in [-0.25, -0.2) is 0 Å². The van der Waals surface area contributed by atoms with Gasteiger partial charge in [0.25, 0.3) is 5.91 Å². The Labute approximate surface area is 97.1 Å². The van der Waals surface area contributed by atoms with Crippen molar-refractivity contribution in [2.45, 2.75) is 6.92 Å². The van der Waals surface area contributed by atoms with E-state index in [4.69, 9.17) is 5.73 Å². The molecular weight excluding hydrogens is 222 g/mol. The molecule has 16 heavy (non-hydrogen) atoms. The SMILES string of the molecule is Cc1ccc(NC(=O)c2cncs2)c(N)c1. The molecule has 0 aliphatic rings. The maximum atomic E-state index is 11.7. The fourth-order valence-corrected chi connectivity index (χ4v) is 1.82. The first kappa shape index (κ1) is 10.6. The quantitative estimate of drug-likeness (QED) is 0.782. The van der Waals surface area contributed by atoms with Gasteiger partial charge in [-0.2, -0.15) is 0 Å². The summed E-state index contributed by atoms with van der Waals surface area (Å²) >= 11 is 1.30. The Kier molecular flexibility index (Phi) is 2.87. The fourth-order valence-electron chi connectivity index (χ4n) is 1.31. The Hall–Kier alpha value is -1.88. The molecule has 0 saturated heterocycles. The summed E-state index contributed by atoms with van der Waals surface area (Å²) in [5.74, 6) is -0.182. The minimum Gasteiger partial charge on any atom is -0.397 e. The second-order valence-corrected chi connectivity index (χ2v) is 4.30. The summed E-state index contributed by atoms with van der Waals surface area (Å²) < 4.78 is 0. The maximum Gasteiger partial charge on any atom is 0.267 e. The molecule has 1 amide bonds. The summed E-state index contributed by atoms with van der Waals surface area (Å²) in [5.41, 5.74) is 9.67. The van der Waals surface area contributed by atoms with Gasteiger partial charge in [-0.3, -0.25) is 9.78 Å². The molecule has 0 unspecified atom stereocenters. The average molecular weight is 233 g/mol. The van der Waals surface area contributed by atoms with E-state index >= 15 is 0 Å². The third-order valence-corrected chi connectivity index (χ3v) is 2.88. The predicted molar refractivity (Wildman–Crippen MR) is 65.7 cm³/mol. The lowest BCUT2D eigenvalue weighted by Gasteiger charge is -2.07. The molecule has 2 rings (SSSR count). The number of aryl methyl sites for hydroxylation is 1. The molecule has 0 spiro atoms. The summed E-state index contributed by atoms with van der Waals surface area (Å²) in [6.45, 7) is 1.95. The first-order valence-corrected chi connectivity index (χ1v) is 5.61. The molecule has 5 heteroatoms. The van der Waals surface area contributed by atoms with Gasteiger partial charge < -0.3 is 11.1 Å². The number of hydrogen-bond donors (Lipinski definition) is 2. The van der Waals surface area contributed by atoms with Gasteiger partial charge in [-0.1, -0.05) is 6.07 Å². The van der Waals surface area contributed by atoms with Crippen molar-refractivity contribution < 1.29 is 4.79 Å². The third kappa shape index (κ3) is 2.20. The van der Waals surface area contributed by atoms with Gasteiger partial charge in [0.1, 0.15) is 4.88 Å². The normalized spacial score (nSPS) is 10.1. The van der Waals surface area contributed by atoms with Crippen molar-refractivity contribution in [2.24, 2.45) is 0 Å². The van der Waals surface area contributed by atoms with Crippen molar-refractivity contribution in [1.82, 2.24) is 4.98 Å². The molecule has 0 fully saturated rings. The molecule has 0 bridgehead atoms. The number of carbonyl (C=O) groups is 1. The molecule has 4 nitrogen and oxygen atoms in total. The van der Waals surface area contributed by atoms with Crippen LogP contribution < -0.4 is 11.1 Å². The Morgan fingerprint density at radius 3 is 2.94 bits per heavy atom. The molecular formula is C11H11N3OS. The number of nitrogens with two attached hydrogens (primary N) is 1. The molecule has 82 valence electrons. The molecule has 1 aromatic carbocycles. The van der Waals surface area contributed by atoms with E-state index in [1.165, 1.54) is 17.5 Å². The van der Waals surface area contributed by atoms with Gasteiger partial charge in [0.05, 0.1) is 23.1 Å². The molecule has 0 radical (unpaired) electrons. The number of thiazole rings is 1. The van der Waals surface area contributed by atoms with Crippen LogP contribution in [0, 0.1) is 6.92 Å². The van der Waals surface area contributed by atoms with E-state index in [0.717, 1.165) is 5.56 Å². The van der Waals surface area contributed by atoms with Crippen LogP contribution >= 0.6 is 11.3 Å². The predicted octanol–water partition coefficient (Wildman–Crippen LogP) is 2.29. The number of nitrogen functional groups attached to an aromatic ring is 1. The second kappa shape index (κ2) is 4.32. The van der Waals surface area contributed by atoms with Gasteiger partial charge in [-0.05, 0) is 24.6 Å². The van der Waals surface area contributed by atoms with Crippen LogP contribution in [0.5, 0.6) is 0 Å². The van der Waals surface area contributed by atoms with Crippen molar-refractivity contribution in [2.75, 3.05) is 11.1 Å². The summed E-state index contributed by atoms with van der Waals surface area (Å²) in [5, 5.41) is 2.75. The van der Waals surface area contributed by atoms with E-state index in [2.05, 4.69) is 10.3 Å². The van der Waals surface area contributed by atoms with Crippen molar-refractivity contribution >= 4 is 28.6 Å². The van der Waals surface area contributed by atoms with Crippen molar-refractivity contribution in [3.8, 4) is 0 Å². The smallest absolute Gasteiger partial charge is 0.267 e. The molecule has 0 atom stereocenters. The van der Waals surface area contributed by atoms with Crippen LogP contribution in [0.4, 0.5) is 11.4 Å². The maximum absolute atomic E-state index is 11.7. The Balaban J connectivity index is 2.18. The van der Waals surface area contributed by atoms with Crippen LogP contribution in [0.2, 0.25) is 0 Å². The number of amides is 1. The standard InChI is InChI=1S/C11H11N3OS/c1-7-2-3-9(8(12)4-7)14-11(15)10-5-13-6-16-10/h2-6H,12H2,1H3,(H,14,15). The van der Waals surface area contributed by atoms with Crippen molar-refractivity contribution in [1.29, 1.82) is 0 Å². The van der Waals surface area contributed by atoms with Gasteiger partial charge in [0, 0.05) is 0 Å². The molecule has 0 aliphatic heterocycles. The number of carbonyl (C=O) groups excluding carboxylic acids is 1.